The van der Waals surface area contributed by atoms with Crippen LogP contribution in [0.25, 0.3) is 0 Å². The number of carbonyl (C=O) groups excluding carboxylic acids is 1. The number of anilines is 1. The maximum atomic E-state index is 12.7. The van der Waals surface area contributed by atoms with Crippen LogP contribution in [0.1, 0.15) is 107 Å². The zero-order valence-electron chi connectivity index (χ0n) is 25.5. The van der Waals surface area contributed by atoms with E-state index in [1.54, 1.807) is 18.3 Å². The minimum atomic E-state index is 0.0393. The smallest absolute Gasteiger partial charge is 0.225 e. The molecule has 1 heterocycles. The summed E-state index contributed by atoms with van der Waals surface area (Å²) in [5, 5.41) is 0.639. The summed E-state index contributed by atoms with van der Waals surface area (Å²) in [4.78, 5) is 15.8. The number of aryl methyl sites for hydroxylation is 1. The van der Waals surface area contributed by atoms with Crippen molar-refractivity contribution < 1.29 is 14.1 Å². The topological polar surface area (TPSA) is 33.4 Å². The van der Waals surface area contributed by atoms with Gasteiger partial charge in [0.05, 0.1) is 22.2 Å². The highest BCUT2D eigenvalue weighted by Gasteiger charge is 2.18. The van der Waals surface area contributed by atoms with Crippen molar-refractivity contribution in [2.45, 2.75) is 111 Å². The maximum absolute atomic E-state index is 12.7. The van der Waals surface area contributed by atoms with Gasteiger partial charge in [0.2, 0.25) is 11.4 Å². The Bertz CT molecular complexity index is 1180. The lowest BCUT2D eigenvalue weighted by atomic mass is 10.1. The van der Waals surface area contributed by atoms with Gasteiger partial charge in [-0.15, -0.1) is 0 Å². The van der Waals surface area contributed by atoms with E-state index in [0.717, 1.165) is 42.0 Å². The van der Waals surface area contributed by atoms with Crippen molar-refractivity contribution in [3.63, 3.8) is 0 Å². The van der Waals surface area contributed by atoms with Crippen molar-refractivity contribution in [3.05, 3.63) is 75.2 Å². The molecule has 0 unspecified atom stereocenters. The monoisotopic (exact) mass is 597 g/mol. The number of aromatic nitrogens is 1. The second-order valence-electron chi connectivity index (χ2n) is 11.2. The van der Waals surface area contributed by atoms with Gasteiger partial charge in [0, 0.05) is 19.0 Å². The molecule has 0 spiro atoms. The van der Waals surface area contributed by atoms with Gasteiger partial charge in [-0.3, -0.25) is 4.79 Å². The molecule has 0 N–H and O–H groups in total. The number of carbonyl (C=O) groups is 1. The van der Waals surface area contributed by atoms with Crippen molar-refractivity contribution in [2.24, 2.45) is 0 Å². The fourth-order valence-corrected chi connectivity index (χ4v) is 6.15. The second-order valence-corrected chi connectivity index (χ2v) is 12.7. The number of amides is 1. The zero-order valence-corrected chi connectivity index (χ0v) is 27.1. The summed E-state index contributed by atoms with van der Waals surface area (Å²) in [7, 11) is 0. The number of thiazole rings is 1. The first-order chi connectivity index (χ1) is 20.0. The van der Waals surface area contributed by atoms with E-state index in [2.05, 4.69) is 42.3 Å². The molecule has 3 aromatic rings. The molecule has 0 bridgehead atoms. The summed E-state index contributed by atoms with van der Waals surface area (Å²) in [6.07, 6.45) is 18.8. The molecule has 0 saturated carbocycles. The lowest BCUT2D eigenvalue weighted by molar-refractivity contribution is -0.683. The summed E-state index contributed by atoms with van der Waals surface area (Å²) in [5.74, 6) is 0.785. The normalized spacial score (nSPS) is 11.1. The van der Waals surface area contributed by atoms with Crippen molar-refractivity contribution in [3.8, 4) is 5.75 Å². The van der Waals surface area contributed by atoms with Crippen LogP contribution in [0.2, 0.25) is 5.02 Å². The van der Waals surface area contributed by atoms with Gasteiger partial charge in [0.1, 0.15) is 5.75 Å². The molecule has 0 aliphatic carbocycles. The zero-order chi connectivity index (χ0) is 29.3. The van der Waals surface area contributed by atoms with E-state index >= 15 is 0 Å². The standard InChI is InChI=1S/C35H50ClN2O2S/c1-4-5-6-7-8-9-10-11-12-13-14-17-24-40-35-21-20-31(25-33(35)36)22-23-38(30(3)39)34-19-16-15-18-32(34)27-37-26-29(2)41-28-37/h15-16,18-21,25-26,28H,4-14,17,22-24,27H2,1-3H3/q+1. The Kier molecular flexibility index (Phi) is 15.3. The fraction of sp³-hybridized carbons (Fsp3) is 0.543. The van der Waals surface area contributed by atoms with Crippen LogP contribution >= 0.6 is 22.9 Å². The summed E-state index contributed by atoms with van der Waals surface area (Å²) in [5.41, 5.74) is 5.31. The first kappa shape index (κ1) is 33.1. The van der Waals surface area contributed by atoms with Crippen molar-refractivity contribution >= 4 is 34.5 Å². The van der Waals surface area contributed by atoms with Crippen LogP contribution < -0.4 is 14.2 Å². The van der Waals surface area contributed by atoms with E-state index in [0.29, 0.717) is 18.2 Å². The van der Waals surface area contributed by atoms with Crippen LogP contribution in [-0.2, 0) is 17.8 Å². The molecule has 3 rings (SSSR count). The molecule has 6 heteroatoms. The van der Waals surface area contributed by atoms with E-state index in [9.17, 15) is 4.79 Å². The average Bonchev–Trinajstić information content (AvgIpc) is 3.37. The predicted octanol–water partition coefficient (Wildman–Crippen LogP) is 9.72. The molecule has 0 saturated heterocycles. The van der Waals surface area contributed by atoms with Crippen LogP contribution in [-0.4, -0.2) is 19.1 Å². The number of nitrogens with zero attached hydrogens (tertiary/aromatic N) is 2. The van der Waals surface area contributed by atoms with E-state index in [1.165, 1.54) is 75.5 Å². The number of hydrogen-bond donors (Lipinski definition) is 0. The van der Waals surface area contributed by atoms with Crippen molar-refractivity contribution in [1.29, 1.82) is 0 Å². The van der Waals surface area contributed by atoms with Crippen LogP contribution in [0.3, 0.4) is 0 Å². The molecule has 224 valence electrons. The fourth-order valence-electron chi connectivity index (χ4n) is 5.26. The molecule has 0 aliphatic heterocycles. The van der Waals surface area contributed by atoms with Crippen LogP contribution in [0.15, 0.2) is 54.2 Å². The van der Waals surface area contributed by atoms with Gasteiger partial charge in [0.15, 0.2) is 12.7 Å². The first-order valence-corrected chi connectivity index (χ1v) is 16.9. The Morgan fingerprint density at radius 3 is 2.20 bits per heavy atom. The maximum Gasteiger partial charge on any atom is 0.225 e. The van der Waals surface area contributed by atoms with E-state index in [4.69, 9.17) is 16.3 Å². The molecular weight excluding hydrogens is 548 g/mol. The highest BCUT2D eigenvalue weighted by molar-refractivity contribution is 7.09. The summed E-state index contributed by atoms with van der Waals surface area (Å²) < 4.78 is 8.17. The van der Waals surface area contributed by atoms with Crippen LogP contribution in [0.4, 0.5) is 5.69 Å². The Hall–Kier alpha value is -2.37. The Balaban J connectivity index is 1.39. The number of para-hydroxylation sites is 1. The Morgan fingerprint density at radius 2 is 1.59 bits per heavy atom. The highest BCUT2D eigenvalue weighted by Crippen LogP contribution is 2.27. The predicted molar refractivity (Wildman–Crippen MR) is 175 cm³/mol. The van der Waals surface area contributed by atoms with Crippen molar-refractivity contribution in [1.82, 2.24) is 0 Å². The number of halogens is 1. The summed E-state index contributed by atoms with van der Waals surface area (Å²) >= 11 is 8.31. The molecule has 0 fully saturated rings. The van der Waals surface area contributed by atoms with E-state index < -0.39 is 0 Å². The Morgan fingerprint density at radius 1 is 0.927 bits per heavy atom. The lowest BCUT2D eigenvalue weighted by Gasteiger charge is -2.23. The third-order valence-electron chi connectivity index (χ3n) is 7.61. The molecular formula is C35H50ClN2O2S+. The third-order valence-corrected chi connectivity index (χ3v) is 8.76. The number of unbranched alkanes of at least 4 members (excludes halogenated alkanes) is 11. The second kappa shape index (κ2) is 18.9. The van der Waals surface area contributed by atoms with E-state index in [-0.39, 0.29) is 5.91 Å². The number of rotatable bonds is 20. The number of benzene rings is 2. The van der Waals surface area contributed by atoms with Gasteiger partial charge in [-0.1, -0.05) is 125 Å². The van der Waals surface area contributed by atoms with Crippen LogP contribution in [0, 0.1) is 6.92 Å². The Labute approximate surface area is 257 Å². The minimum absolute atomic E-state index is 0.0393. The summed E-state index contributed by atoms with van der Waals surface area (Å²) in [6, 6.07) is 14.2. The van der Waals surface area contributed by atoms with Gasteiger partial charge in [-0.25, -0.2) is 0 Å². The molecule has 41 heavy (non-hydrogen) atoms. The molecule has 0 aliphatic rings. The van der Waals surface area contributed by atoms with Gasteiger partial charge in [-0.05, 0) is 43.5 Å². The largest absolute Gasteiger partial charge is 0.492 e. The average molecular weight is 598 g/mol. The van der Waals surface area contributed by atoms with Gasteiger partial charge < -0.3 is 9.64 Å². The molecule has 1 aromatic heterocycles. The number of ether oxygens (including phenoxy) is 1. The van der Waals surface area contributed by atoms with Crippen molar-refractivity contribution in [2.75, 3.05) is 18.1 Å². The van der Waals surface area contributed by atoms with Gasteiger partial charge >= 0.3 is 0 Å². The van der Waals surface area contributed by atoms with Gasteiger partial charge in [-0.2, -0.15) is 4.57 Å². The number of hydrogen-bond acceptors (Lipinski definition) is 3. The van der Waals surface area contributed by atoms with Gasteiger partial charge in [0.25, 0.3) is 0 Å². The molecule has 0 radical (unpaired) electrons. The molecule has 2 aromatic carbocycles. The quantitative estimate of drug-likeness (QED) is 0.0959. The highest BCUT2D eigenvalue weighted by atomic mass is 35.5. The lowest BCUT2D eigenvalue weighted by Crippen LogP contribution is -2.35. The molecule has 4 nitrogen and oxygen atoms in total. The first-order valence-electron chi connectivity index (χ1n) is 15.7. The SMILES string of the molecule is CCCCCCCCCCCCCCOc1ccc(CCN(C(C)=O)c2ccccc2C[n+]2csc(C)c2)cc1Cl. The summed E-state index contributed by atoms with van der Waals surface area (Å²) in [6.45, 7) is 8.05. The molecule has 1 amide bonds. The van der Waals surface area contributed by atoms with E-state index in [1.807, 2.05) is 35.2 Å². The van der Waals surface area contributed by atoms with Crippen LogP contribution in [0.5, 0.6) is 5.75 Å². The third kappa shape index (κ3) is 12.2. The minimum Gasteiger partial charge on any atom is -0.492 e. The molecule has 0 atom stereocenters.